The highest BCUT2D eigenvalue weighted by atomic mass is 19.4. The second-order valence-corrected chi connectivity index (χ2v) is 4.58. The molecule has 0 radical (unpaired) electrons. The minimum Gasteiger partial charge on any atom is -0.314 e. The normalized spacial score (nSPS) is 16.5. The van der Waals surface area contributed by atoms with E-state index in [4.69, 9.17) is 0 Å². The molecule has 0 atom stereocenters. The van der Waals surface area contributed by atoms with Gasteiger partial charge in [0.1, 0.15) is 0 Å². The van der Waals surface area contributed by atoms with Gasteiger partial charge in [-0.2, -0.15) is 13.2 Å². The standard InChI is InChI=1S/C15H8F3NO2/c16-15(17,18)14(21)19-13-11-7-8-3-1-2-4-9(8)10(11)5-6-12(13)20/h1-7H,(H,19,21). The van der Waals surface area contributed by atoms with Gasteiger partial charge in [0.2, 0.25) is 5.78 Å². The zero-order valence-electron chi connectivity index (χ0n) is 10.5. The van der Waals surface area contributed by atoms with Gasteiger partial charge in [-0.15, -0.1) is 0 Å². The summed E-state index contributed by atoms with van der Waals surface area (Å²) in [5, 5.41) is 3.28. The summed E-state index contributed by atoms with van der Waals surface area (Å²) in [6.07, 6.45) is -0.747. The van der Waals surface area contributed by atoms with Crippen LogP contribution in [0.2, 0.25) is 0 Å². The van der Waals surface area contributed by atoms with Gasteiger partial charge < -0.3 is 5.32 Å². The molecule has 0 bridgehead atoms. The first kappa shape index (κ1) is 13.4. The quantitative estimate of drug-likeness (QED) is 0.828. The van der Waals surface area contributed by atoms with E-state index >= 15 is 0 Å². The van der Waals surface area contributed by atoms with Gasteiger partial charge in [0.25, 0.3) is 0 Å². The van der Waals surface area contributed by atoms with Crippen molar-refractivity contribution >= 4 is 23.3 Å². The molecule has 0 aromatic heterocycles. The molecule has 0 saturated carbocycles. The van der Waals surface area contributed by atoms with Crippen LogP contribution in [0.3, 0.4) is 0 Å². The van der Waals surface area contributed by atoms with E-state index in [0.29, 0.717) is 11.1 Å². The van der Waals surface area contributed by atoms with Crippen LogP contribution < -0.4 is 15.8 Å². The lowest BCUT2D eigenvalue weighted by Crippen LogP contribution is -2.39. The molecule has 0 spiro atoms. The Morgan fingerprint density at radius 3 is 2.48 bits per heavy atom. The van der Waals surface area contributed by atoms with E-state index in [9.17, 15) is 22.8 Å². The highest BCUT2D eigenvalue weighted by Crippen LogP contribution is 2.25. The highest BCUT2D eigenvalue weighted by Gasteiger charge is 2.40. The van der Waals surface area contributed by atoms with Crippen LogP contribution >= 0.6 is 0 Å². The predicted molar refractivity (Wildman–Crippen MR) is 68.9 cm³/mol. The smallest absolute Gasteiger partial charge is 0.314 e. The molecular weight excluding hydrogens is 283 g/mol. The van der Waals surface area contributed by atoms with Gasteiger partial charge in [-0.25, -0.2) is 0 Å². The Morgan fingerprint density at radius 1 is 1.05 bits per heavy atom. The van der Waals surface area contributed by atoms with Crippen LogP contribution in [0, 0.1) is 0 Å². The number of ketones is 1. The molecule has 2 aliphatic carbocycles. The number of benzene rings is 1. The minimum absolute atomic E-state index is 0.307. The summed E-state index contributed by atoms with van der Waals surface area (Å²) in [7, 11) is 0. The fourth-order valence-corrected chi connectivity index (χ4v) is 2.32. The van der Waals surface area contributed by atoms with Crippen molar-refractivity contribution < 1.29 is 22.8 Å². The van der Waals surface area contributed by atoms with E-state index in [1.54, 1.807) is 41.7 Å². The number of carbonyl (C=O) groups is 2. The van der Waals surface area contributed by atoms with E-state index in [1.165, 1.54) is 0 Å². The molecule has 0 heterocycles. The number of hydrogen-bond acceptors (Lipinski definition) is 2. The van der Waals surface area contributed by atoms with Gasteiger partial charge in [0.05, 0.1) is 5.70 Å². The molecule has 1 aromatic carbocycles. The van der Waals surface area contributed by atoms with Crippen LogP contribution in [0.25, 0.3) is 11.6 Å². The van der Waals surface area contributed by atoms with Crippen molar-refractivity contribution in [1.29, 1.82) is 0 Å². The average molecular weight is 291 g/mol. The van der Waals surface area contributed by atoms with Gasteiger partial charge in [0, 0.05) is 5.57 Å². The van der Waals surface area contributed by atoms with Crippen LogP contribution in [-0.4, -0.2) is 17.9 Å². The molecule has 0 fully saturated rings. The fraction of sp³-hybridized carbons (Fsp3) is 0.0667. The van der Waals surface area contributed by atoms with E-state index in [1.807, 2.05) is 0 Å². The maximum atomic E-state index is 12.4. The molecule has 2 aliphatic rings. The molecule has 1 amide bonds. The molecule has 3 nitrogen and oxygen atoms in total. The Balaban J connectivity index is 2.15. The van der Waals surface area contributed by atoms with Crippen molar-refractivity contribution in [1.82, 2.24) is 5.32 Å². The first-order valence-electron chi connectivity index (χ1n) is 6.04. The predicted octanol–water partition coefficient (Wildman–Crippen LogP) is 0.703. The van der Waals surface area contributed by atoms with Crippen LogP contribution in [-0.2, 0) is 9.59 Å². The monoisotopic (exact) mass is 291 g/mol. The third-order valence-electron chi connectivity index (χ3n) is 3.25. The summed E-state index contributed by atoms with van der Waals surface area (Å²) in [6, 6.07) is 7.17. The van der Waals surface area contributed by atoms with Crippen molar-refractivity contribution in [2.45, 2.75) is 6.18 Å². The lowest BCUT2D eigenvalue weighted by Gasteiger charge is -2.15. The number of alkyl halides is 3. The van der Waals surface area contributed by atoms with Crippen LogP contribution in [0.5, 0.6) is 0 Å². The van der Waals surface area contributed by atoms with Crippen molar-refractivity contribution in [2.75, 3.05) is 0 Å². The van der Waals surface area contributed by atoms with E-state index in [0.717, 1.165) is 16.5 Å². The number of amides is 1. The van der Waals surface area contributed by atoms with Crippen molar-refractivity contribution in [3.05, 3.63) is 58.1 Å². The Kier molecular flexibility index (Phi) is 2.83. The lowest BCUT2D eigenvalue weighted by atomic mass is 9.97. The number of fused-ring (bicyclic) bond motifs is 2. The average Bonchev–Trinajstić information content (AvgIpc) is 2.79. The van der Waals surface area contributed by atoms with E-state index < -0.39 is 17.9 Å². The summed E-state index contributed by atoms with van der Waals surface area (Å²) in [4.78, 5) is 22.9. The third-order valence-corrected chi connectivity index (χ3v) is 3.25. The third kappa shape index (κ3) is 2.18. The van der Waals surface area contributed by atoms with E-state index in [2.05, 4.69) is 0 Å². The molecular formula is C15H8F3NO2. The Bertz CT molecular complexity index is 844. The summed E-state index contributed by atoms with van der Waals surface area (Å²) in [6.45, 7) is 0. The minimum atomic E-state index is -5.04. The molecule has 21 heavy (non-hydrogen) atoms. The number of rotatable bonds is 1. The van der Waals surface area contributed by atoms with Gasteiger partial charge >= 0.3 is 12.1 Å². The molecule has 1 aromatic rings. The molecule has 0 saturated heterocycles. The fourth-order valence-electron chi connectivity index (χ4n) is 2.32. The number of hydrogen-bond donors (Lipinski definition) is 1. The lowest BCUT2D eigenvalue weighted by molar-refractivity contribution is -0.172. The van der Waals surface area contributed by atoms with E-state index in [-0.39, 0.29) is 5.70 Å². The highest BCUT2D eigenvalue weighted by molar-refractivity contribution is 6.15. The number of carbonyl (C=O) groups excluding carboxylic acids is 2. The number of halogens is 3. The van der Waals surface area contributed by atoms with Crippen LogP contribution in [0.4, 0.5) is 13.2 Å². The molecule has 1 N–H and O–H groups in total. The van der Waals surface area contributed by atoms with Crippen molar-refractivity contribution in [3.8, 4) is 0 Å². The molecule has 106 valence electrons. The van der Waals surface area contributed by atoms with Crippen LogP contribution in [0.1, 0.15) is 0 Å². The number of nitrogens with one attached hydrogen (secondary N) is 1. The zero-order chi connectivity index (χ0) is 15.2. The topological polar surface area (TPSA) is 46.2 Å². The summed E-state index contributed by atoms with van der Waals surface area (Å²) >= 11 is 0. The first-order chi connectivity index (χ1) is 9.88. The Morgan fingerprint density at radius 2 is 1.76 bits per heavy atom. The second kappa shape index (κ2) is 4.44. The van der Waals surface area contributed by atoms with Crippen molar-refractivity contribution in [2.24, 2.45) is 0 Å². The SMILES string of the molecule is O=C1C=CC2=c3ccccc3=CC2=C1NC(=O)C(F)(F)F. The van der Waals surface area contributed by atoms with Gasteiger partial charge in [-0.1, -0.05) is 24.3 Å². The maximum Gasteiger partial charge on any atom is 0.471 e. The first-order valence-corrected chi connectivity index (χ1v) is 6.04. The van der Waals surface area contributed by atoms with Gasteiger partial charge in [-0.05, 0) is 34.2 Å². The van der Waals surface area contributed by atoms with Gasteiger partial charge in [0.15, 0.2) is 0 Å². The Hall–Kier alpha value is -2.63. The van der Waals surface area contributed by atoms with Crippen molar-refractivity contribution in [3.63, 3.8) is 0 Å². The molecule has 6 heteroatoms. The van der Waals surface area contributed by atoms with Gasteiger partial charge in [-0.3, -0.25) is 9.59 Å². The summed E-state index contributed by atoms with van der Waals surface area (Å²) < 4.78 is 37.1. The summed E-state index contributed by atoms with van der Waals surface area (Å²) in [5.41, 5.74) is 0.593. The second-order valence-electron chi connectivity index (χ2n) is 4.58. The van der Waals surface area contributed by atoms with Crippen LogP contribution in [0.15, 0.2) is 47.7 Å². The maximum absolute atomic E-state index is 12.4. The summed E-state index contributed by atoms with van der Waals surface area (Å²) in [5.74, 6) is -2.81. The zero-order valence-corrected chi connectivity index (χ0v) is 10.5. The Labute approximate surface area is 116 Å². The largest absolute Gasteiger partial charge is 0.471 e. The molecule has 0 unspecified atom stereocenters. The molecule has 3 rings (SSSR count). The number of allylic oxidation sites excluding steroid dienone is 3. The molecule has 0 aliphatic heterocycles.